The zero-order chi connectivity index (χ0) is 23.2. The van der Waals surface area contributed by atoms with Crippen LogP contribution in [0.3, 0.4) is 0 Å². The van der Waals surface area contributed by atoms with Gasteiger partial charge < -0.3 is 10.5 Å². The number of hydrogen-bond acceptors (Lipinski definition) is 5. The van der Waals surface area contributed by atoms with Crippen LogP contribution in [0, 0.1) is 18.6 Å². The van der Waals surface area contributed by atoms with Gasteiger partial charge in [0.2, 0.25) is 0 Å². The van der Waals surface area contributed by atoms with Gasteiger partial charge in [-0.15, -0.1) is 0 Å². The number of nitrogens with zero attached hydrogens (tertiary/aromatic N) is 2. The number of aryl methyl sites for hydroxylation is 1. The molecule has 166 valence electrons. The smallest absolute Gasteiger partial charge is 0.269 e. The summed E-state index contributed by atoms with van der Waals surface area (Å²) >= 11 is 0. The Labute approximate surface area is 184 Å². The molecule has 4 rings (SSSR count). The summed E-state index contributed by atoms with van der Waals surface area (Å²) in [6, 6.07) is 9.79. The quantitative estimate of drug-likeness (QED) is 0.408. The number of nitrogens with two attached hydrogens (primary N) is 1. The van der Waals surface area contributed by atoms with E-state index >= 15 is 0 Å². The van der Waals surface area contributed by atoms with E-state index in [1.807, 2.05) is 20.8 Å². The average Bonchev–Trinajstić information content (AvgIpc) is 3.12. The zero-order valence-electron chi connectivity index (χ0n) is 17.6. The summed E-state index contributed by atoms with van der Waals surface area (Å²) in [4.78, 5) is 4.35. The number of aromatic nitrogens is 2. The van der Waals surface area contributed by atoms with Gasteiger partial charge in [-0.3, -0.25) is 0 Å². The molecule has 32 heavy (non-hydrogen) atoms. The molecular formula is C23H21F2N3O3S. The lowest BCUT2D eigenvalue weighted by atomic mass is 10.0. The molecule has 0 aliphatic heterocycles. The predicted molar refractivity (Wildman–Crippen MR) is 118 cm³/mol. The minimum absolute atomic E-state index is 0.0783. The van der Waals surface area contributed by atoms with Crippen LogP contribution < -0.4 is 10.5 Å². The molecule has 0 saturated carbocycles. The molecular weight excluding hydrogens is 436 g/mol. The molecule has 0 unspecified atom stereocenters. The van der Waals surface area contributed by atoms with Crippen molar-refractivity contribution in [2.24, 2.45) is 0 Å². The maximum atomic E-state index is 14.3. The topological polar surface area (TPSA) is 87.2 Å². The molecule has 6 nitrogen and oxygen atoms in total. The van der Waals surface area contributed by atoms with E-state index in [0.29, 0.717) is 10.9 Å². The Morgan fingerprint density at radius 1 is 1.06 bits per heavy atom. The number of rotatable bonds is 5. The zero-order valence-corrected chi connectivity index (χ0v) is 18.5. The van der Waals surface area contributed by atoms with Crippen molar-refractivity contribution in [3.8, 4) is 11.5 Å². The summed E-state index contributed by atoms with van der Waals surface area (Å²) in [5.74, 6) is -2.61. The number of benzene rings is 2. The molecule has 0 spiro atoms. The number of ether oxygens (including phenoxy) is 1. The van der Waals surface area contributed by atoms with Gasteiger partial charge in [-0.05, 0) is 36.6 Å². The molecule has 2 heterocycles. The Morgan fingerprint density at radius 3 is 2.28 bits per heavy atom. The van der Waals surface area contributed by atoms with Crippen molar-refractivity contribution < 1.29 is 21.9 Å². The second kappa shape index (κ2) is 7.90. The van der Waals surface area contributed by atoms with Crippen molar-refractivity contribution in [1.29, 1.82) is 0 Å². The highest BCUT2D eigenvalue weighted by molar-refractivity contribution is 7.90. The summed E-state index contributed by atoms with van der Waals surface area (Å²) < 4.78 is 62.1. The average molecular weight is 458 g/mol. The molecule has 0 fully saturated rings. The summed E-state index contributed by atoms with van der Waals surface area (Å²) in [7, 11) is -3.97. The molecule has 2 aromatic heterocycles. The van der Waals surface area contributed by atoms with Crippen molar-refractivity contribution in [2.75, 3.05) is 5.73 Å². The lowest BCUT2D eigenvalue weighted by Gasteiger charge is -2.12. The van der Waals surface area contributed by atoms with E-state index < -0.39 is 27.4 Å². The van der Waals surface area contributed by atoms with Crippen LogP contribution >= 0.6 is 0 Å². The third kappa shape index (κ3) is 3.69. The first kappa shape index (κ1) is 21.8. The third-order valence-corrected chi connectivity index (χ3v) is 6.74. The largest absolute Gasteiger partial charge is 0.450 e. The first-order valence-corrected chi connectivity index (χ1v) is 11.3. The summed E-state index contributed by atoms with van der Waals surface area (Å²) in [5, 5.41) is 0.355. The predicted octanol–water partition coefficient (Wildman–Crippen LogP) is 5.36. The molecule has 9 heteroatoms. The van der Waals surface area contributed by atoms with Crippen molar-refractivity contribution in [3.63, 3.8) is 0 Å². The van der Waals surface area contributed by atoms with Gasteiger partial charge in [0.1, 0.15) is 5.75 Å². The van der Waals surface area contributed by atoms with Crippen LogP contribution in [0.5, 0.6) is 11.5 Å². The standard InChI is InChI=1S/C23H21F2N3O3S/c1-13(2)17-12-28(32(29,30)16-6-4-14(3)5-7-16)23-21(17)20(8-9-27-23)31-22-18(24)10-15(26)11-19(22)25/h4-13H,26H2,1-3H3. The Bertz CT molecular complexity index is 1410. The first-order valence-electron chi connectivity index (χ1n) is 9.84. The number of fused-ring (bicyclic) bond motifs is 1. The molecule has 0 amide bonds. The second-order valence-electron chi connectivity index (χ2n) is 7.78. The molecule has 0 radical (unpaired) electrons. The van der Waals surface area contributed by atoms with Gasteiger partial charge in [0.25, 0.3) is 10.0 Å². The molecule has 0 saturated heterocycles. The van der Waals surface area contributed by atoms with E-state index in [0.717, 1.165) is 21.7 Å². The molecule has 2 N–H and O–H groups in total. The van der Waals surface area contributed by atoms with Crippen molar-refractivity contribution in [1.82, 2.24) is 8.96 Å². The van der Waals surface area contributed by atoms with Crippen LogP contribution in [0.2, 0.25) is 0 Å². The fourth-order valence-corrected chi connectivity index (χ4v) is 4.77. The van der Waals surface area contributed by atoms with Crippen LogP contribution in [0.25, 0.3) is 11.0 Å². The van der Waals surface area contributed by atoms with E-state index in [2.05, 4.69) is 4.98 Å². The van der Waals surface area contributed by atoms with Gasteiger partial charge in [0.05, 0.1) is 10.3 Å². The van der Waals surface area contributed by atoms with E-state index in [1.54, 1.807) is 12.1 Å². The Morgan fingerprint density at radius 2 is 1.69 bits per heavy atom. The third-order valence-electron chi connectivity index (χ3n) is 5.08. The molecule has 0 aliphatic rings. The molecule has 0 bridgehead atoms. The van der Waals surface area contributed by atoms with Crippen LogP contribution in [0.4, 0.5) is 14.5 Å². The van der Waals surface area contributed by atoms with Crippen LogP contribution in [-0.2, 0) is 10.0 Å². The van der Waals surface area contributed by atoms with E-state index in [9.17, 15) is 17.2 Å². The highest BCUT2D eigenvalue weighted by Crippen LogP contribution is 2.39. The van der Waals surface area contributed by atoms with Crippen LogP contribution in [0.15, 0.2) is 59.8 Å². The van der Waals surface area contributed by atoms with Crippen LogP contribution in [0.1, 0.15) is 30.9 Å². The second-order valence-corrected chi connectivity index (χ2v) is 9.59. The normalized spacial score (nSPS) is 11.9. The number of pyridine rings is 1. The van der Waals surface area contributed by atoms with Gasteiger partial charge in [-0.25, -0.2) is 26.2 Å². The molecule has 2 aromatic carbocycles. The number of hydrogen-bond donors (Lipinski definition) is 1. The van der Waals surface area contributed by atoms with Gasteiger partial charge in [-0.1, -0.05) is 31.5 Å². The van der Waals surface area contributed by atoms with Gasteiger partial charge in [0, 0.05) is 30.2 Å². The minimum atomic E-state index is -3.97. The van der Waals surface area contributed by atoms with Gasteiger partial charge >= 0.3 is 0 Å². The Hall–Kier alpha value is -3.46. The van der Waals surface area contributed by atoms with E-state index in [4.69, 9.17) is 10.5 Å². The highest BCUT2D eigenvalue weighted by Gasteiger charge is 2.26. The maximum Gasteiger partial charge on any atom is 0.269 e. The minimum Gasteiger partial charge on any atom is -0.450 e. The molecule has 0 aliphatic carbocycles. The lowest BCUT2D eigenvalue weighted by Crippen LogP contribution is -2.12. The molecule has 4 aromatic rings. The van der Waals surface area contributed by atoms with Gasteiger partial charge in [-0.2, -0.15) is 0 Å². The SMILES string of the molecule is Cc1ccc(S(=O)(=O)n2cc(C(C)C)c3c(Oc4c(F)cc(N)cc4F)ccnc32)cc1. The number of halogens is 2. The summed E-state index contributed by atoms with van der Waals surface area (Å²) in [5.41, 5.74) is 7.03. The van der Waals surface area contributed by atoms with Crippen molar-refractivity contribution >= 4 is 26.7 Å². The van der Waals surface area contributed by atoms with Gasteiger partial charge in [0.15, 0.2) is 23.0 Å². The summed E-state index contributed by atoms with van der Waals surface area (Å²) in [6.45, 7) is 5.61. The van der Waals surface area contributed by atoms with Crippen molar-refractivity contribution in [2.45, 2.75) is 31.6 Å². The lowest BCUT2D eigenvalue weighted by molar-refractivity contribution is 0.411. The van der Waals surface area contributed by atoms with E-state index in [-0.39, 0.29) is 27.9 Å². The maximum absolute atomic E-state index is 14.3. The monoisotopic (exact) mass is 457 g/mol. The fraction of sp³-hybridized carbons (Fsp3) is 0.174. The Balaban J connectivity index is 1.94. The van der Waals surface area contributed by atoms with Crippen LogP contribution in [-0.4, -0.2) is 17.4 Å². The molecule has 0 atom stereocenters. The highest BCUT2D eigenvalue weighted by atomic mass is 32.2. The Kier molecular flexibility index (Phi) is 5.37. The van der Waals surface area contributed by atoms with Crippen molar-refractivity contribution in [3.05, 3.63) is 77.6 Å². The number of nitrogen functional groups attached to an aromatic ring is 1. The summed E-state index contributed by atoms with van der Waals surface area (Å²) in [6.07, 6.45) is 2.80. The first-order chi connectivity index (χ1) is 15.1. The number of anilines is 1. The van der Waals surface area contributed by atoms with E-state index in [1.165, 1.54) is 30.6 Å². The fourth-order valence-electron chi connectivity index (χ4n) is 3.44.